The molecule has 2 fully saturated rings. The van der Waals surface area contributed by atoms with E-state index in [1.54, 1.807) is 6.07 Å². The van der Waals surface area contributed by atoms with Crippen molar-refractivity contribution in [1.29, 1.82) is 0 Å². The summed E-state index contributed by atoms with van der Waals surface area (Å²) in [6.07, 6.45) is 6.24. The second-order valence-corrected chi connectivity index (χ2v) is 7.54. The summed E-state index contributed by atoms with van der Waals surface area (Å²) in [4.78, 5) is 4.75. The number of fused-ring (bicyclic) bond motifs is 1. The number of nitrogens with two attached hydrogens (primary N) is 1. The summed E-state index contributed by atoms with van der Waals surface area (Å²) < 4.78 is 18.9. The van der Waals surface area contributed by atoms with Gasteiger partial charge in [0.15, 0.2) is 11.4 Å². The third-order valence-corrected chi connectivity index (χ3v) is 5.83. The molecule has 4 rings (SSSR count). The van der Waals surface area contributed by atoms with E-state index in [1.807, 2.05) is 0 Å². The van der Waals surface area contributed by atoms with Crippen molar-refractivity contribution in [1.82, 2.24) is 10.1 Å². The van der Waals surface area contributed by atoms with Crippen LogP contribution in [-0.4, -0.2) is 48.8 Å². The highest BCUT2D eigenvalue weighted by Crippen LogP contribution is 2.28. The Hall–Kier alpha value is -1.66. The second-order valence-electron chi connectivity index (χ2n) is 7.54. The SMILES string of the molecule is NC1CCC(CCN2CCN(c3noc4ccc(F)cc34)CC2)CC1. The Morgan fingerprint density at radius 2 is 1.88 bits per heavy atom. The van der Waals surface area contributed by atoms with Crippen molar-refractivity contribution in [3.8, 4) is 0 Å². The largest absolute Gasteiger partial charge is 0.354 e. The van der Waals surface area contributed by atoms with E-state index >= 15 is 0 Å². The van der Waals surface area contributed by atoms with Crippen molar-refractivity contribution in [2.75, 3.05) is 37.6 Å². The van der Waals surface area contributed by atoms with Gasteiger partial charge in [0.25, 0.3) is 0 Å². The minimum absolute atomic E-state index is 0.247. The molecule has 1 saturated carbocycles. The molecule has 25 heavy (non-hydrogen) atoms. The first-order valence-corrected chi connectivity index (χ1v) is 9.47. The van der Waals surface area contributed by atoms with Crippen molar-refractivity contribution in [2.24, 2.45) is 11.7 Å². The first-order valence-electron chi connectivity index (χ1n) is 9.47. The van der Waals surface area contributed by atoms with E-state index in [0.717, 1.165) is 43.3 Å². The van der Waals surface area contributed by atoms with Crippen molar-refractivity contribution in [3.05, 3.63) is 24.0 Å². The molecule has 2 aliphatic rings. The van der Waals surface area contributed by atoms with Crippen molar-refractivity contribution in [3.63, 3.8) is 0 Å². The number of benzene rings is 1. The molecule has 1 aliphatic heterocycles. The summed E-state index contributed by atoms with van der Waals surface area (Å²) in [6.45, 7) is 5.04. The quantitative estimate of drug-likeness (QED) is 0.922. The zero-order valence-electron chi connectivity index (χ0n) is 14.7. The van der Waals surface area contributed by atoms with E-state index in [2.05, 4.69) is 15.0 Å². The molecule has 1 aromatic carbocycles. The van der Waals surface area contributed by atoms with Crippen LogP contribution in [0.2, 0.25) is 0 Å². The van der Waals surface area contributed by atoms with E-state index in [9.17, 15) is 4.39 Å². The topological polar surface area (TPSA) is 58.5 Å². The van der Waals surface area contributed by atoms with E-state index in [-0.39, 0.29) is 5.82 Å². The molecule has 136 valence electrons. The van der Waals surface area contributed by atoms with Crippen LogP contribution in [0.15, 0.2) is 22.7 Å². The van der Waals surface area contributed by atoms with Crippen LogP contribution >= 0.6 is 0 Å². The van der Waals surface area contributed by atoms with Gasteiger partial charge in [0.1, 0.15) is 5.82 Å². The average Bonchev–Trinajstić information content (AvgIpc) is 3.05. The van der Waals surface area contributed by atoms with Gasteiger partial charge in [-0.1, -0.05) is 5.16 Å². The van der Waals surface area contributed by atoms with Gasteiger partial charge in [-0.15, -0.1) is 0 Å². The molecule has 2 heterocycles. The lowest BCUT2D eigenvalue weighted by Crippen LogP contribution is -2.47. The van der Waals surface area contributed by atoms with E-state index in [4.69, 9.17) is 10.3 Å². The maximum absolute atomic E-state index is 13.5. The van der Waals surface area contributed by atoms with E-state index < -0.39 is 0 Å². The lowest BCUT2D eigenvalue weighted by Gasteiger charge is -2.36. The first-order chi connectivity index (χ1) is 12.2. The van der Waals surface area contributed by atoms with Crippen LogP contribution in [0.3, 0.4) is 0 Å². The molecule has 5 nitrogen and oxygen atoms in total. The van der Waals surface area contributed by atoms with Crippen LogP contribution < -0.4 is 10.6 Å². The molecule has 0 bridgehead atoms. The predicted molar refractivity (Wildman–Crippen MR) is 97.2 cm³/mol. The molecule has 1 aliphatic carbocycles. The number of piperazine rings is 1. The second kappa shape index (κ2) is 7.30. The molecule has 1 aromatic heterocycles. The number of rotatable bonds is 4. The summed E-state index contributed by atoms with van der Waals surface area (Å²) in [5, 5.41) is 4.94. The highest BCUT2D eigenvalue weighted by molar-refractivity contribution is 5.88. The molecule has 1 saturated heterocycles. The molecule has 0 atom stereocenters. The zero-order valence-corrected chi connectivity index (χ0v) is 14.7. The maximum Gasteiger partial charge on any atom is 0.180 e. The summed E-state index contributed by atoms with van der Waals surface area (Å²) in [5.74, 6) is 1.37. The first kappa shape index (κ1) is 16.8. The van der Waals surface area contributed by atoms with Crippen molar-refractivity contribution < 1.29 is 8.91 Å². The summed E-state index contributed by atoms with van der Waals surface area (Å²) in [6, 6.07) is 5.00. The minimum atomic E-state index is -0.247. The van der Waals surface area contributed by atoms with Crippen LogP contribution in [0, 0.1) is 11.7 Å². The summed E-state index contributed by atoms with van der Waals surface area (Å²) in [7, 11) is 0. The Morgan fingerprint density at radius 3 is 2.64 bits per heavy atom. The number of anilines is 1. The number of halogens is 1. The van der Waals surface area contributed by atoms with Crippen LogP contribution in [-0.2, 0) is 0 Å². The third-order valence-electron chi connectivity index (χ3n) is 5.83. The van der Waals surface area contributed by atoms with Gasteiger partial charge in [0.05, 0.1) is 5.39 Å². The highest BCUT2D eigenvalue weighted by atomic mass is 19.1. The molecule has 0 unspecified atom stereocenters. The van der Waals surface area contributed by atoms with E-state index in [1.165, 1.54) is 50.8 Å². The monoisotopic (exact) mass is 346 g/mol. The van der Waals surface area contributed by atoms with Gasteiger partial charge in [-0.25, -0.2) is 4.39 Å². The molecule has 0 radical (unpaired) electrons. The Bertz CT molecular complexity index is 703. The van der Waals surface area contributed by atoms with Gasteiger partial charge in [-0.05, 0) is 62.8 Å². The normalized spacial score (nSPS) is 25.6. The molecule has 6 heteroatoms. The van der Waals surface area contributed by atoms with Gasteiger partial charge in [-0.3, -0.25) is 4.90 Å². The Morgan fingerprint density at radius 1 is 1.12 bits per heavy atom. The highest BCUT2D eigenvalue weighted by Gasteiger charge is 2.23. The van der Waals surface area contributed by atoms with Crippen LogP contribution in [0.25, 0.3) is 11.0 Å². The van der Waals surface area contributed by atoms with Crippen molar-refractivity contribution >= 4 is 16.8 Å². The third kappa shape index (κ3) is 3.80. The van der Waals surface area contributed by atoms with Crippen molar-refractivity contribution in [2.45, 2.75) is 38.1 Å². The number of hydrogen-bond acceptors (Lipinski definition) is 5. The number of aromatic nitrogens is 1. The van der Waals surface area contributed by atoms with E-state index in [0.29, 0.717) is 11.6 Å². The number of nitrogens with zero attached hydrogens (tertiary/aromatic N) is 3. The van der Waals surface area contributed by atoms with Gasteiger partial charge in [-0.2, -0.15) is 0 Å². The molecule has 0 spiro atoms. The lowest BCUT2D eigenvalue weighted by molar-refractivity contribution is 0.216. The van der Waals surface area contributed by atoms with Gasteiger partial charge in [0.2, 0.25) is 0 Å². The molecule has 2 aromatic rings. The molecular formula is C19H27FN4O. The van der Waals surface area contributed by atoms with Crippen LogP contribution in [0.1, 0.15) is 32.1 Å². The fourth-order valence-corrected chi connectivity index (χ4v) is 4.15. The lowest BCUT2D eigenvalue weighted by atomic mass is 9.84. The number of hydrogen-bond donors (Lipinski definition) is 1. The maximum atomic E-state index is 13.5. The summed E-state index contributed by atoms with van der Waals surface area (Å²) >= 11 is 0. The van der Waals surface area contributed by atoms with Crippen LogP contribution in [0.4, 0.5) is 10.2 Å². The predicted octanol–water partition coefficient (Wildman–Crippen LogP) is 3.00. The fraction of sp³-hybridized carbons (Fsp3) is 0.632. The molecular weight excluding hydrogens is 319 g/mol. The average molecular weight is 346 g/mol. The van der Waals surface area contributed by atoms with Gasteiger partial charge < -0.3 is 15.2 Å². The Balaban J connectivity index is 1.30. The Kier molecular flexibility index (Phi) is 4.90. The fourth-order valence-electron chi connectivity index (χ4n) is 4.15. The minimum Gasteiger partial charge on any atom is -0.354 e. The smallest absolute Gasteiger partial charge is 0.180 e. The van der Waals surface area contributed by atoms with Gasteiger partial charge >= 0.3 is 0 Å². The molecule has 2 N–H and O–H groups in total. The standard InChI is InChI=1S/C19H27FN4O/c20-15-3-6-18-17(13-15)19(22-25-18)24-11-9-23(10-12-24)8-7-14-1-4-16(21)5-2-14/h3,6,13-14,16H,1-2,4-5,7-12,21H2. The molecule has 0 amide bonds. The van der Waals surface area contributed by atoms with Crippen LogP contribution in [0.5, 0.6) is 0 Å². The van der Waals surface area contributed by atoms with Gasteiger partial charge in [0, 0.05) is 32.2 Å². The zero-order chi connectivity index (χ0) is 17.2. The summed E-state index contributed by atoms with van der Waals surface area (Å²) in [5.41, 5.74) is 6.64. The Labute approximate surface area is 147 Å².